The number of aromatic nitrogens is 2. The van der Waals surface area contributed by atoms with Crippen molar-refractivity contribution in [3.8, 4) is 0 Å². The van der Waals surface area contributed by atoms with Gasteiger partial charge in [-0.15, -0.1) is 0 Å². The van der Waals surface area contributed by atoms with Crippen LogP contribution < -0.4 is 16.6 Å². The minimum atomic E-state index is -1.11. The summed E-state index contributed by atoms with van der Waals surface area (Å²) in [7, 11) is 0. The standard InChI is InChI=1S/C12H17N3O5/c1-2-3-4-8(11(18)19)14-9(16)5-7-6-10(17)15-12(20)13-7/h6,8H,2-5H2,1H3,(H,14,16)(H,18,19)(H2,13,15,17,20)/t8-/m0/s1. The van der Waals surface area contributed by atoms with Gasteiger partial charge in [0.25, 0.3) is 5.56 Å². The van der Waals surface area contributed by atoms with Gasteiger partial charge in [0, 0.05) is 11.8 Å². The van der Waals surface area contributed by atoms with Crippen LogP contribution in [0.2, 0.25) is 0 Å². The molecular weight excluding hydrogens is 266 g/mol. The molecule has 1 amide bonds. The van der Waals surface area contributed by atoms with Crippen molar-refractivity contribution < 1.29 is 14.7 Å². The van der Waals surface area contributed by atoms with E-state index in [0.717, 1.165) is 12.5 Å². The zero-order valence-electron chi connectivity index (χ0n) is 11.1. The van der Waals surface area contributed by atoms with Gasteiger partial charge in [-0.25, -0.2) is 9.59 Å². The van der Waals surface area contributed by atoms with Crippen LogP contribution in [0.25, 0.3) is 0 Å². The van der Waals surface area contributed by atoms with Crippen molar-refractivity contribution in [1.29, 1.82) is 0 Å². The lowest BCUT2D eigenvalue weighted by Gasteiger charge is -2.13. The molecule has 0 saturated heterocycles. The monoisotopic (exact) mass is 283 g/mol. The summed E-state index contributed by atoms with van der Waals surface area (Å²) < 4.78 is 0. The van der Waals surface area contributed by atoms with Crippen LogP contribution in [-0.2, 0) is 16.0 Å². The number of amides is 1. The molecule has 0 aliphatic rings. The number of nitrogens with one attached hydrogen (secondary N) is 3. The van der Waals surface area contributed by atoms with Gasteiger partial charge < -0.3 is 15.4 Å². The molecule has 0 unspecified atom stereocenters. The van der Waals surface area contributed by atoms with E-state index in [9.17, 15) is 19.2 Å². The predicted molar refractivity (Wildman–Crippen MR) is 70.5 cm³/mol. The Morgan fingerprint density at radius 2 is 2.05 bits per heavy atom. The van der Waals surface area contributed by atoms with E-state index in [1.54, 1.807) is 0 Å². The molecule has 8 nitrogen and oxygen atoms in total. The fourth-order valence-electron chi connectivity index (χ4n) is 1.70. The molecule has 110 valence electrons. The highest BCUT2D eigenvalue weighted by atomic mass is 16.4. The Morgan fingerprint density at radius 3 is 2.60 bits per heavy atom. The van der Waals surface area contributed by atoms with E-state index in [-0.39, 0.29) is 12.1 Å². The summed E-state index contributed by atoms with van der Waals surface area (Å²) in [5.41, 5.74) is -1.19. The second-order valence-corrected chi connectivity index (χ2v) is 4.39. The Kier molecular flexibility index (Phi) is 5.70. The lowest BCUT2D eigenvalue weighted by Crippen LogP contribution is -2.41. The molecule has 0 spiro atoms. The summed E-state index contributed by atoms with van der Waals surface area (Å²) in [6.45, 7) is 1.92. The van der Waals surface area contributed by atoms with Crippen LogP contribution in [0, 0.1) is 0 Å². The quantitative estimate of drug-likeness (QED) is 0.528. The largest absolute Gasteiger partial charge is 0.480 e. The Hall–Kier alpha value is -2.38. The number of carbonyl (C=O) groups is 2. The zero-order valence-corrected chi connectivity index (χ0v) is 11.1. The number of aromatic amines is 2. The molecule has 0 aliphatic heterocycles. The lowest BCUT2D eigenvalue weighted by molar-refractivity contribution is -0.142. The normalized spacial score (nSPS) is 11.8. The van der Waals surface area contributed by atoms with Gasteiger partial charge in [0.1, 0.15) is 6.04 Å². The van der Waals surface area contributed by atoms with Crippen LogP contribution in [-0.4, -0.2) is 33.0 Å². The summed E-state index contributed by atoms with van der Waals surface area (Å²) in [4.78, 5) is 49.1. The summed E-state index contributed by atoms with van der Waals surface area (Å²) in [6, 6.07) is 0.124. The summed E-state index contributed by atoms with van der Waals surface area (Å²) in [6.07, 6.45) is 1.58. The van der Waals surface area contributed by atoms with E-state index in [2.05, 4.69) is 10.3 Å². The fourth-order valence-corrected chi connectivity index (χ4v) is 1.70. The van der Waals surface area contributed by atoms with Crippen LogP contribution in [0.1, 0.15) is 31.9 Å². The predicted octanol–water partition coefficient (Wildman–Crippen LogP) is -0.635. The third-order valence-corrected chi connectivity index (χ3v) is 2.65. The third-order valence-electron chi connectivity index (χ3n) is 2.65. The fraction of sp³-hybridized carbons (Fsp3) is 0.500. The lowest BCUT2D eigenvalue weighted by atomic mass is 10.1. The topological polar surface area (TPSA) is 132 Å². The molecule has 0 radical (unpaired) electrons. The number of unbranched alkanes of at least 4 members (excludes halogenated alkanes) is 1. The highest BCUT2D eigenvalue weighted by Gasteiger charge is 2.19. The maximum Gasteiger partial charge on any atom is 0.326 e. The van der Waals surface area contributed by atoms with Crippen molar-refractivity contribution >= 4 is 11.9 Å². The first-order chi connectivity index (χ1) is 9.42. The van der Waals surface area contributed by atoms with Gasteiger partial charge in [-0.2, -0.15) is 0 Å². The molecular formula is C12H17N3O5. The molecule has 4 N–H and O–H groups in total. The molecule has 1 rings (SSSR count). The zero-order chi connectivity index (χ0) is 15.1. The molecule has 0 aromatic carbocycles. The first-order valence-electron chi connectivity index (χ1n) is 6.27. The van der Waals surface area contributed by atoms with Crippen LogP contribution in [0.3, 0.4) is 0 Å². The highest BCUT2D eigenvalue weighted by Crippen LogP contribution is 2.01. The molecule has 0 aliphatic carbocycles. The smallest absolute Gasteiger partial charge is 0.326 e. The number of rotatable bonds is 7. The molecule has 1 atom stereocenters. The molecule has 1 heterocycles. The first kappa shape index (κ1) is 15.7. The number of hydrogen-bond acceptors (Lipinski definition) is 4. The minimum absolute atomic E-state index is 0.135. The third kappa shape index (κ3) is 5.09. The van der Waals surface area contributed by atoms with Crippen molar-refractivity contribution in [3.63, 3.8) is 0 Å². The molecule has 1 aromatic rings. The molecule has 8 heteroatoms. The second-order valence-electron chi connectivity index (χ2n) is 4.39. The van der Waals surface area contributed by atoms with Gasteiger partial charge in [-0.3, -0.25) is 14.6 Å². The maximum atomic E-state index is 11.7. The van der Waals surface area contributed by atoms with E-state index in [0.29, 0.717) is 12.8 Å². The second kappa shape index (κ2) is 7.27. The highest BCUT2D eigenvalue weighted by molar-refractivity contribution is 5.84. The Labute approximate surface area is 114 Å². The van der Waals surface area contributed by atoms with Gasteiger partial charge in [0.15, 0.2) is 0 Å². The Balaban J connectivity index is 2.67. The van der Waals surface area contributed by atoms with Crippen molar-refractivity contribution in [1.82, 2.24) is 15.3 Å². The van der Waals surface area contributed by atoms with Gasteiger partial charge in [0.2, 0.25) is 5.91 Å². The molecule has 0 saturated carbocycles. The SMILES string of the molecule is CCCC[C@H](NC(=O)Cc1cc(=O)[nH]c(=O)[nH]1)C(=O)O. The van der Waals surface area contributed by atoms with E-state index >= 15 is 0 Å². The van der Waals surface area contributed by atoms with Gasteiger partial charge in [-0.1, -0.05) is 19.8 Å². The summed E-state index contributed by atoms with van der Waals surface area (Å²) in [5.74, 6) is -1.67. The molecule has 0 fully saturated rings. The Bertz CT molecular complexity index is 561. The minimum Gasteiger partial charge on any atom is -0.480 e. The van der Waals surface area contributed by atoms with Crippen molar-refractivity contribution in [3.05, 3.63) is 32.6 Å². The van der Waals surface area contributed by atoms with Gasteiger partial charge in [0.05, 0.1) is 6.42 Å². The van der Waals surface area contributed by atoms with Crippen LogP contribution in [0.15, 0.2) is 15.7 Å². The number of hydrogen-bond donors (Lipinski definition) is 4. The van der Waals surface area contributed by atoms with Crippen LogP contribution >= 0.6 is 0 Å². The number of carboxylic acids is 1. The summed E-state index contributed by atoms with van der Waals surface area (Å²) in [5, 5.41) is 11.3. The molecule has 20 heavy (non-hydrogen) atoms. The number of aliphatic carboxylic acids is 1. The van der Waals surface area contributed by atoms with Gasteiger partial charge >= 0.3 is 11.7 Å². The first-order valence-corrected chi connectivity index (χ1v) is 6.27. The Morgan fingerprint density at radius 1 is 1.35 bits per heavy atom. The van der Waals surface area contributed by atoms with Crippen LogP contribution in [0.5, 0.6) is 0 Å². The average molecular weight is 283 g/mol. The van der Waals surface area contributed by atoms with Crippen molar-refractivity contribution in [2.75, 3.05) is 0 Å². The average Bonchev–Trinajstić information content (AvgIpc) is 2.32. The van der Waals surface area contributed by atoms with Crippen molar-refractivity contribution in [2.45, 2.75) is 38.6 Å². The van der Waals surface area contributed by atoms with Gasteiger partial charge in [-0.05, 0) is 6.42 Å². The maximum absolute atomic E-state index is 11.7. The number of carboxylic acid groups (broad SMARTS) is 1. The van der Waals surface area contributed by atoms with E-state index in [4.69, 9.17) is 5.11 Å². The van der Waals surface area contributed by atoms with E-state index in [1.807, 2.05) is 11.9 Å². The number of H-pyrrole nitrogens is 2. The van der Waals surface area contributed by atoms with Crippen LogP contribution in [0.4, 0.5) is 0 Å². The molecule has 0 bridgehead atoms. The van der Waals surface area contributed by atoms with E-state index in [1.165, 1.54) is 0 Å². The van der Waals surface area contributed by atoms with E-state index < -0.39 is 29.2 Å². The molecule has 1 aromatic heterocycles. The number of carbonyl (C=O) groups excluding carboxylic acids is 1. The van der Waals surface area contributed by atoms with Crippen molar-refractivity contribution in [2.24, 2.45) is 0 Å². The summed E-state index contributed by atoms with van der Waals surface area (Å²) >= 11 is 0.